The van der Waals surface area contributed by atoms with E-state index in [0.717, 1.165) is 0 Å². The van der Waals surface area contributed by atoms with Crippen LogP contribution >= 0.6 is 11.8 Å². The van der Waals surface area contributed by atoms with Gasteiger partial charge < -0.3 is 0 Å². The lowest BCUT2D eigenvalue weighted by molar-refractivity contribution is -0.520. The highest BCUT2D eigenvalue weighted by molar-refractivity contribution is 7.99. The molecule has 2 N–H and O–H groups in total. The molecular weight excluding hydrogens is 140 g/mol. The number of nitrogens with zero attached hydrogens (tertiary/aromatic N) is 1. The Bertz CT molecular complexity index is 109. The summed E-state index contributed by atoms with van der Waals surface area (Å²) in [5, 5.41) is 9.86. The molecule has 2 atom stereocenters. The molecule has 0 bridgehead atoms. The summed E-state index contributed by atoms with van der Waals surface area (Å²) < 4.78 is 0. The van der Waals surface area contributed by atoms with E-state index in [1.807, 2.05) is 0 Å². The van der Waals surface area contributed by atoms with Crippen molar-refractivity contribution in [3.05, 3.63) is 10.1 Å². The molecule has 4 nitrogen and oxygen atoms in total. The van der Waals surface area contributed by atoms with Gasteiger partial charge in [0, 0.05) is 4.92 Å². The number of nitrogens with two attached hydrogens (primary N) is 1. The molecular formula is C4H10N2O2S. The maximum absolute atomic E-state index is 9.97. The minimum absolute atomic E-state index is 0.111. The van der Waals surface area contributed by atoms with Gasteiger partial charge in [-0.2, -0.15) is 11.8 Å². The molecule has 0 amide bonds. The average molecular weight is 150 g/mol. The standard InChI is InChI=1S/C4H10N2O2S/c1-3(9-2)4(5)6(7)8/h3-4H,5H2,1-2H3. The van der Waals surface area contributed by atoms with Crippen molar-refractivity contribution >= 4 is 11.8 Å². The predicted molar refractivity (Wildman–Crippen MR) is 37.9 cm³/mol. The van der Waals surface area contributed by atoms with E-state index in [-0.39, 0.29) is 5.25 Å². The zero-order valence-electron chi connectivity index (χ0n) is 5.40. The van der Waals surface area contributed by atoms with Crippen LogP contribution in [0.1, 0.15) is 6.92 Å². The van der Waals surface area contributed by atoms with Crippen LogP contribution in [0.4, 0.5) is 0 Å². The summed E-state index contributed by atoms with van der Waals surface area (Å²) in [6, 6.07) is 0. The lowest BCUT2D eigenvalue weighted by Gasteiger charge is -2.08. The quantitative estimate of drug-likeness (QED) is 0.357. The highest BCUT2D eigenvalue weighted by atomic mass is 32.2. The van der Waals surface area contributed by atoms with Gasteiger partial charge in [-0.05, 0) is 13.2 Å². The zero-order valence-corrected chi connectivity index (χ0v) is 6.22. The number of rotatable bonds is 3. The Morgan fingerprint density at radius 1 is 1.78 bits per heavy atom. The van der Waals surface area contributed by atoms with Crippen molar-refractivity contribution in [3.63, 3.8) is 0 Å². The molecule has 2 unspecified atom stereocenters. The van der Waals surface area contributed by atoms with Crippen LogP contribution in [0.3, 0.4) is 0 Å². The molecule has 9 heavy (non-hydrogen) atoms. The fourth-order valence-electron chi connectivity index (χ4n) is 0.311. The summed E-state index contributed by atoms with van der Waals surface area (Å²) in [5.41, 5.74) is 5.15. The smallest absolute Gasteiger partial charge is 0.267 e. The highest BCUT2D eigenvalue weighted by Crippen LogP contribution is 2.07. The van der Waals surface area contributed by atoms with Crippen LogP contribution < -0.4 is 5.73 Å². The second-order valence-electron chi connectivity index (χ2n) is 1.72. The first-order valence-corrected chi connectivity index (χ1v) is 3.80. The molecule has 0 saturated heterocycles. The molecule has 0 aromatic heterocycles. The average Bonchev–Trinajstić information content (AvgIpc) is 1.84. The fraction of sp³-hybridized carbons (Fsp3) is 1.00. The third-order valence-corrected chi connectivity index (χ3v) is 2.12. The van der Waals surface area contributed by atoms with Crippen LogP contribution in [-0.4, -0.2) is 22.6 Å². The van der Waals surface area contributed by atoms with E-state index < -0.39 is 11.1 Å². The molecule has 0 fully saturated rings. The lowest BCUT2D eigenvalue weighted by atomic mass is 10.4. The van der Waals surface area contributed by atoms with E-state index in [4.69, 9.17) is 5.73 Å². The van der Waals surface area contributed by atoms with Crippen molar-refractivity contribution in [3.8, 4) is 0 Å². The van der Waals surface area contributed by atoms with Gasteiger partial charge in [0.25, 0.3) is 6.17 Å². The van der Waals surface area contributed by atoms with E-state index in [0.29, 0.717) is 0 Å². The minimum Gasteiger partial charge on any atom is -0.267 e. The SMILES string of the molecule is CSC(C)C(N)[N+](=O)[O-]. The molecule has 0 spiro atoms. The van der Waals surface area contributed by atoms with Crippen molar-refractivity contribution < 1.29 is 4.92 Å². The zero-order chi connectivity index (χ0) is 7.44. The summed E-state index contributed by atoms with van der Waals surface area (Å²) in [6.07, 6.45) is 0.869. The van der Waals surface area contributed by atoms with E-state index in [1.165, 1.54) is 11.8 Å². The number of hydrogen-bond donors (Lipinski definition) is 1. The van der Waals surface area contributed by atoms with Gasteiger partial charge in [-0.3, -0.25) is 15.8 Å². The summed E-state index contributed by atoms with van der Waals surface area (Å²) in [4.78, 5) is 9.50. The van der Waals surface area contributed by atoms with Crippen molar-refractivity contribution in [2.45, 2.75) is 18.3 Å². The van der Waals surface area contributed by atoms with Gasteiger partial charge >= 0.3 is 0 Å². The van der Waals surface area contributed by atoms with Crippen molar-refractivity contribution in [1.82, 2.24) is 0 Å². The summed E-state index contributed by atoms with van der Waals surface area (Å²) >= 11 is 1.39. The van der Waals surface area contributed by atoms with E-state index >= 15 is 0 Å². The number of nitro groups is 1. The lowest BCUT2D eigenvalue weighted by Crippen LogP contribution is -2.37. The second-order valence-corrected chi connectivity index (χ2v) is 2.93. The third-order valence-electron chi connectivity index (χ3n) is 1.10. The maximum Gasteiger partial charge on any atom is 0.275 e. The Kier molecular flexibility index (Phi) is 3.56. The molecule has 0 radical (unpaired) electrons. The molecule has 0 aliphatic heterocycles. The van der Waals surface area contributed by atoms with Gasteiger partial charge in [-0.25, -0.2) is 0 Å². The van der Waals surface area contributed by atoms with Gasteiger partial charge in [0.15, 0.2) is 0 Å². The predicted octanol–water partition coefficient (Wildman–Crippen LogP) is 0.299. The highest BCUT2D eigenvalue weighted by Gasteiger charge is 2.20. The topological polar surface area (TPSA) is 69.2 Å². The Morgan fingerprint density at radius 3 is 2.33 bits per heavy atom. The van der Waals surface area contributed by atoms with Crippen LogP contribution in [0.15, 0.2) is 0 Å². The molecule has 0 rings (SSSR count). The van der Waals surface area contributed by atoms with Gasteiger partial charge in [-0.15, -0.1) is 0 Å². The van der Waals surface area contributed by atoms with Gasteiger partial charge in [-0.1, -0.05) is 0 Å². The first-order valence-electron chi connectivity index (χ1n) is 2.51. The van der Waals surface area contributed by atoms with Crippen LogP contribution in [0, 0.1) is 10.1 Å². The Morgan fingerprint density at radius 2 is 2.22 bits per heavy atom. The van der Waals surface area contributed by atoms with Crippen LogP contribution in [0.25, 0.3) is 0 Å². The second kappa shape index (κ2) is 3.68. The van der Waals surface area contributed by atoms with E-state index in [1.54, 1.807) is 13.2 Å². The maximum atomic E-state index is 9.97. The molecule has 0 aliphatic carbocycles. The Labute approximate surface area is 58.0 Å². The first kappa shape index (κ1) is 8.71. The summed E-state index contributed by atoms with van der Waals surface area (Å²) in [7, 11) is 0. The van der Waals surface area contributed by atoms with Crippen LogP contribution in [0.5, 0.6) is 0 Å². The van der Waals surface area contributed by atoms with Crippen molar-refractivity contribution in [2.24, 2.45) is 5.73 Å². The number of hydrogen-bond acceptors (Lipinski definition) is 4. The summed E-state index contributed by atoms with van der Waals surface area (Å²) in [6.45, 7) is 1.73. The normalized spacial score (nSPS) is 16.8. The van der Waals surface area contributed by atoms with Crippen molar-refractivity contribution in [2.75, 3.05) is 6.26 Å². The molecule has 0 aromatic rings. The Balaban J connectivity index is 3.72. The summed E-state index contributed by atoms with van der Waals surface area (Å²) in [5.74, 6) is 0. The van der Waals surface area contributed by atoms with Crippen LogP contribution in [0.2, 0.25) is 0 Å². The fourth-order valence-corrected chi connectivity index (χ4v) is 0.689. The van der Waals surface area contributed by atoms with E-state index in [2.05, 4.69) is 0 Å². The molecule has 5 heteroatoms. The van der Waals surface area contributed by atoms with Crippen molar-refractivity contribution in [1.29, 1.82) is 0 Å². The molecule has 54 valence electrons. The van der Waals surface area contributed by atoms with Gasteiger partial charge in [0.05, 0.1) is 5.25 Å². The first-order chi connectivity index (χ1) is 4.09. The third kappa shape index (κ3) is 2.67. The molecule has 0 heterocycles. The molecule has 0 aliphatic rings. The van der Waals surface area contributed by atoms with Gasteiger partial charge in [0.2, 0.25) is 0 Å². The van der Waals surface area contributed by atoms with Crippen LogP contribution in [-0.2, 0) is 0 Å². The monoisotopic (exact) mass is 150 g/mol. The van der Waals surface area contributed by atoms with E-state index in [9.17, 15) is 10.1 Å². The molecule has 0 saturated carbocycles. The van der Waals surface area contributed by atoms with Gasteiger partial charge in [0.1, 0.15) is 0 Å². The minimum atomic E-state index is -0.931. The number of thioether (sulfide) groups is 1. The molecule has 0 aromatic carbocycles. The largest absolute Gasteiger partial charge is 0.275 e. The Hall–Kier alpha value is -0.290.